The van der Waals surface area contributed by atoms with Crippen LogP contribution in [0.5, 0.6) is 5.75 Å². The number of benzene rings is 1. The third-order valence-electron chi connectivity index (χ3n) is 6.35. The maximum absolute atomic E-state index is 13.2. The fourth-order valence-electron chi connectivity index (χ4n) is 4.29. The Morgan fingerprint density at radius 1 is 1.15 bits per heavy atom. The van der Waals surface area contributed by atoms with Crippen molar-refractivity contribution in [3.05, 3.63) is 47.1 Å². The van der Waals surface area contributed by atoms with Crippen molar-refractivity contribution in [2.75, 3.05) is 13.2 Å². The molecular formula is C27H38O7. The fourth-order valence-corrected chi connectivity index (χ4v) is 4.29. The molecule has 2 aliphatic rings. The zero-order valence-electron chi connectivity index (χ0n) is 21.0. The Labute approximate surface area is 202 Å². The number of ether oxygens (including phenoxy) is 4. The summed E-state index contributed by atoms with van der Waals surface area (Å²) in [6.45, 7) is 11.3. The van der Waals surface area contributed by atoms with Gasteiger partial charge < -0.3 is 29.2 Å². The molecule has 0 saturated carbocycles. The molecule has 0 amide bonds. The number of carbonyl (C=O) groups is 1. The summed E-state index contributed by atoms with van der Waals surface area (Å²) in [5.41, 5.74) is 1.84. The molecule has 2 aliphatic heterocycles. The number of rotatable bonds is 4. The molecule has 7 nitrogen and oxygen atoms in total. The fraction of sp³-hybridized carbons (Fsp3) is 0.593. The maximum atomic E-state index is 13.2. The van der Waals surface area contributed by atoms with E-state index in [9.17, 15) is 9.90 Å². The number of aryl methyl sites for hydroxylation is 1. The average molecular weight is 475 g/mol. The number of fused-ring (bicyclic) bond motifs is 2. The van der Waals surface area contributed by atoms with Gasteiger partial charge in [0.05, 0.1) is 24.4 Å². The number of aliphatic hydroxyl groups is 2. The molecule has 3 rings (SSSR count). The maximum Gasteiger partial charge on any atom is 0.339 e. The van der Waals surface area contributed by atoms with Crippen LogP contribution in [-0.4, -0.2) is 59.6 Å². The Balaban J connectivity index is 1.99. The van der Waals surface area contributed by atoms with Crippen LogP contribution in [0.4, 0.5) is 0 Å². The molecule has 6 atom stereocenters. The Hall–Kier alpha value is -2.19. The number of esters is 1. The van der Waals surface area contributed by atoms with E-state index in [4.69, 9.17) is 24.1 Å². The van der Waals surface area contributed by atoms with Gasteiger partial charge in [-0.2, -0.15) is 0 Å². The first-order chi connectivity index (χ1) is 16.0. The number of hydrogen-bond donors (Lipinski definition) is 2. The van der Waals surface area contributed by atoms with E-state index in [2.05, 4.69) is 19.1 Å². The summed E-state index contributed by atoms with van der Waals surface area (Å²) >= 11 is 0. The molecule has 0 aliphatic carbocycles. The van der Waals surface area contributed by atoms with Crippen molar-refractivity contribution in [2.45, 2.75) is 78.2 Å². The first-order valence-corrected chi connectivity index (χ1v) is 12.0. The molecule has 7 heteroatoms. The largest absolute Gasteiger partial charge is 0.491 e. The highest BCUT2D eigenvalue weighted by Gasteiger charge is 2.42. The summed E-state index contributed by atoms with van der Waals surface area (Å²) in [5, 5.41) is 18.7. The minimum atomic E-state index is -0.980. The van der Waals surface area contributed by atoms with Crippen molar-refractivity contribution < 1.29 is 34.0 Å². The van der Waals surface area contributed by atoms with Gasteiger partial charge >= 0.3 is 5.97 Å². The monoisotopic (exact) mass is 474 g/mol. The van der Waals surface area contributed by atoms with Crippen molar-refractivity contribution in [1.82, 2.24) is 0 Å². The lowest BCUT2D eigenvalue weighted by Gasteiger charge is -2.23. The van der Waals surface area contributed by atoms with Crippen molar-refractivity contribution in [3.63, 3.8) is 0 Å². The van der Waals surface area contributed by atoms with Gasteiger partial charge in [-0.3, -0.25) is 0 Å². The standard InChI is InChI=1S/C27H38O7/c1-16-10-11-17(2)25-23(33-27(5,6)34-25)9-7-8-20-13-22(31-15-21(29)14-28)12-18(3)24(20)26(30)32-19(16)4/h7-8,10-13,16-17,19,21,23,25,28-29H,9,14-15H2,1-6H3/b8-7+,11-10-/t16-,17-,19+,21-,23+,25?/m1/s1. The van der Waals surface area contributed by atoms with Crippen LogP contribution in [0.1, 0.15) is 62.5 Å². The summed E-state index contributed by atoms with van der Waals surface area (Å²) in [7, 11) is 0. The summed E-state index contributed by atoms with van der Waals surface area (Å²) in [6.07, 6.45) is 7.14. The smallest absolute Gasteiger partial charge is 0.339 e. The van der Waals surface area contributed by atoms with Gasteiger partial charge in [0.25, 0.3) is 0 Å². The number of aliphatic hydroxyl groups excluding tert-OH is 2. The Morgan fingerprint density at radius 3 is 2.56 bits per heavy atom. The molecule has 1 aromatic rings. The molecule has 0 aromatic heterocycles. The van der Waals surface area contributed by atoms with Gasteiger partial charge in [0.2, 0.25) is 0 Å². The topological polar surface area (TPSA) is 94.5 Å². The van der Waals surface area contributed by atoms with Crippen LogP contribution in [0, 0.1) is 18.8 Å². The molecule has 1 aromatic carbocycles. The summed E-state index contributed by atoms with van der Waals surface area (Å²) < 4.78 is 23.9. The van der Waals surface area contributed by atoms with Crippen LogP contribution in [0.2, 0.25) is 0 Å². The zero-order valence-corrected chi connectivity index (χ0v) is 21.0. The van der Waals surface area contributed by atoms with Gasteiger partial charge in [-0.15, -0.1) is 0 Å². The van der Waals surface area contributed by atoms with E-state index < -0.39 is 17.9 Å². The number of hydrogen-bond acceptors (Lipinski definition) is 7. The lowest BCUT2D eigenvalue weighted by atomic mass is 9.94. The lowest BCUT2D eigenvalue weighted by Crippen LogP contribution is -2.29. The van der Waals surface area contributed by atoms with Crippen LogP contribution in [0.25, 0.3) is 6.08 Å². The summed E-state index contributed by atoms with van der Waals surface area (Å²) in [5.74, 6) is -0.414. The summed E-state index contributed by atoms with van der Waals surface area (Å²) in [6, 6.07) is 3.49. The molecule has 0 radical (unpaired) electrons. The van der Waals surface area contributed by atoms with E-state index in [0.717, 1.165) is 0 Å². The van der Waals surface area contributed by atoms with Crippen molar-refractivity contribution in [1.29, 1.82) is 0 Å². The molecule has 188 valence electrons. The highest BCUT2D eigenvalue weighted by molar-refractivity contribution is 5.95. The SMILES string of the molecule is Cc1cc(OC[C@H](O)CO)cc2c1C(=O)O[C@@H](C)[C@H](C)/C=C\[C@@H](C)C1OC(C)(C)O[C@H]1C/C=C/2. The molecule has 34 heavy (non-hydrogen) atoms. The average Bonchev–Trinajstić information content (AvgIpc) is 3.08. The van der Waals surface area contributed by atoms with Crippen LogP contribution >= 0.6 is 0 Å². The second kappa shape index (κ2) is 11.0. The Kier molecular flexibility index (Phi) is 8.57. The predicted octanol–water partition coefficient (Wildman–Crippen LogP) is 4.04. The van der Waals surface area contributed by atoms with Crippen molar-refractivity contribution >= 4 is 12.0 Å². The van der Waals surface area contributed by atoms with Gasteiger partial charge in [0, 0.05) is 11.8 Å². The van der Waals surface area contributed by atoms with Gasteiger partial charge in [0.15, 0.2) is 5.79 Å². The van der Waals surface area contributed by atoms with E-state index in [1.165, 1.54) is 0 Å². The number of carbonyl (C=O) groups excluding carboxylic acids is 1. The molecule has 0 bridgehead atoms. The van der Waals surface area contributed by atoms with Gasteiger partial charge in [-0.25, -0.2) is 4.79 Å². The van der Waals surface area contributed by atoms with Crippen LogP contribution in [0.3, 0.4) is 0 Å². The second-order valence-corrected chi connectivity index (χ2v) is 9.84. The third-order valence-corrected chi connectivity index (χ3v) is 6.35. The first-order valence-electron chi connectivity index (χ1n) is 12.0. The quantitative estimate of drug-likeness (QED) is 0.502. The van der Waals surface area contributed by atoms with Crippen LogP contribution in [-0.2, 0) is 14.2 Å². The minimum Gasteiger partial charge on any atom is -0.491 e. The predicted molar refractivity (Wildman–Crippen MR) is 130 cm³/mol. The van der Waals surface area contributed by atoms with E-state index in [0.29, 0.717) is 28.9 Å². The summed E-state index contributed by atoms with van der Waals surface area (Å²) in [4.78, 5) is 13.2. The molecule has 2 N–H and O–H groups in total. The molecule has 1 unspecified atom stereocenters. The van der Waals surface area contributed by atoms with Crippen molar-refractivity contribution in [3.8, 4) is 5.75 Å². The van der Waals surface area contributed by atoms with Gasteiger partial charge in [-0.1, -0.05) is 38.2 Å². The van der Waals surface area contributed by atoms with Crippen molar-refractivity contribution in [2.24, 2.45) is 11.8 Å². The van der Waals surface area contributed by atoms with E-state index in [1.54, 1.807) is 12.1 Å². The first kappa shape index (κ1) is 26.4. The van der Waals surface area contributed by atoms with Gasteiger partial charge in [-0.05, 0) is 57.4 Å². The van der Waals surface area contributed by atoms with Crippen LogP contribution in [0.15, 0.2) is 30.4 Å². The second-order valence-electron chi connectivity index (χ2n) is 9.84. The lowest BCUT2D eigenvalue weighted by molar-refractivity contribution is -0.148. The third kappa shape index (κ3) is 6.48. The van der Waals surface area contributed by atoms with E-state index in [1.807, 2.05) is 46.8 Å². The molecule has 2 heterocycles. The Morgan fingerprint density at radius 2 is 1.85 bits per heavy atom. The minimum absolute atomic E-state index is 0.0185. The molecule has 0 spiro atoms. The Bertz CT molecular complexity index is 920. The zero-order chi connectivity index (χ0) is 25.0. The highest BCUT2D eigenvalue weighted by atomic mass is 16.8. The highest BCUT2D eigenvalue weighted by Crippen LogP contribution is 2.35. The normalized spacial score (nSPS) is 32.0. The molecular weight excluding hydrogens is 436 g/mol. The molecule has 1 fully saturated rings. The van der Waals surface area contributed by atoms with Gasteiger partial charge in [0.1, 0.15) is 24.6 Å². The van der Waals surface area contributed by atoms with Crippen LogP contribution < -0.4 is 4.74 Å². The molecule has 1 saturated heterocycles. The van der Waals surface area contributed by atoms with E-state index in [-0.39, 0.29) is 43.4 Å². The van der Waals surface area contributed by atoms with E-state index >= 15 is 0 Å². The number of cyclic esters (lactones) is 1.